The molecule has 0 aliphatic heterocycles. The van der Waals surface area contributed by atoms with Crippen LogP contribution in [-0.4, -0.2) is 33.7 Å². The summed E-state index contributed by atoms with van der Waals surface area (Å²) in [6.07, 6.45) is 0.927. The second-order valence-electron chi connectivity index (χ2n) is 7.94. The van der Waals surface area contributed by atoms with Crippen LogP contribution in [0.25, 0.3) is 0 Å². The summed E-state index contributed by atoms with van der Waals surface area (Å²) < 4.78 is 13.9. The molecule has 2 aromatic rings. The van der Waals surface area contributed by atoms with Gasteiger partial charge >= 0.3 is 0 Å². The Labute approximate surface area is 184 Å². The van der Waals surface area contributed by atoms with E-state index in [9.17, 15) is 14.3 Å². The minimum atomic E-state index is -0.957. The maximum atomic E-state index is 13.9. The van der Waals surface area contributed by atoms with Crippen LogP contribution in [0.1, 0.15) is 48.0 Å². The van der Waals surface area contributed by atoms with E-state index >= 15 is 0 Å². The predicted molar refractivity (Wildman–Crippen MR) is 118 cm³/mol. The normalized spacial score (nSPS) is 12.9. The summed E-state index contributed by atoms with van der Waals surface area (Å²) in [5.74, 6) is -0.595. The van der Waals surface area contributed by atoms with E-state index < -0.39 is 12.1 Å². The molecule has 0 fully saturated rings. The summed E-state index contributed by atoms with van der Waals surface area (Å²) in [7, 11) is 0. The number of nitrogens with zero attached hydrogens (tertiary/aromatic N) is 1. The molecule has 0 unspecified atom stereocenters. The van der Waals surface area contributed by atoms with Gasteiger partial charge in [-0.25, -0.2) is 4.39 Å². The van der Waals surface area contributed by atoms with Gasteiger partial charge in [-0.05, 0) is 57.9 Å². The number of aromatic nitrogens is 1. The van der Waals surface area contributed by atoms with E-state index in [-0.39, 0.29) is 54.9 Å². The smallest absolute Gasteiger partial charge is 0.253 e. The fourth-order valence-electron chi connectivity index (χ4n) is 2.81. The highest BCUT2D eigenvalue weighted by Crippen LogP contribution is 2.16. The Hall–Kier alpha value is -1.73. The van der Waals surface area contributed by atoms with Crippen LogP contribution >= 0.6 is 24.8 Å². The van der Waals surface area contributed by atoms with Crippen LogP contribution in [0, 0.1) is 12.7 Å². The maximum absolute atomic E-state index is 13.9. The van der Waals surface area contributed by atoms with Gasteiger partial charge in [0.15, 0.2) is 0 Å². The Morgan fingerprint density at radius 3 is 2.52 bits per heavy atom. The molecule has 0 saturated heterocycles. The van der Waals surface area contributed by atoms with Gasteiger partial charge < -0.3 is 16.2 Å². The van der Waals surface area contributed by atoms with Crippen LogP contribution in [-0.2, 0) is 12.8 Å². The maximum Gasteiger partial charge on any atom is 0.253 e. The Morgan fingerprint density at radius 1 is 1.24 bits per heavy atom. The van der Waals surface area contributed by atoms with E-state index in [1.54, 1.807) is 30.5 Å². The highest BCUT2D eigenvalue weighted by Gasteiger charge is 2.23. The fraction of sp³-hybridized carbons (Fsp3) is 0.429. The van der Waals surface area contributed by atoms with Crippen molar-refractivity contribution in [2.75, 3.05) is 0 Å². The van der Waals surface area contributed by atoms with Gasteiger partial charge in [0.2, 0.25) is 0 Å². The number of aliphatic hydroxyl groups is 1. The summed E-state index contributed by atoms with van der Waals surface area (Å²) >= 11 is 0. The van der Waals surface area contributed by atoms with Crippen molar-refractivity contribution < 1.29 is 14.3 Å². The second kappa shape index (κ2) is 11.5. The van der Waals surface area contributed by atoms with Crippen molar-refractivity contribution in [3.8, 4) is 0 Å². The zero-order valence-electron chi connectivity index (χ0n) is 17.1. The summed E-state index contributed by atoms with van der Waals surface area (Å²) in [6, 6.07) is 7.48. The minimum absolute atomic E-state index is 0. The zero-order chi connectivity index (χ0) is 20.2. The standard InChI is InChI=1S/C21H28FN3O2.2ClH/c1-13-7-8-16(22)14(10-13)11-17(23)19(26)12-18-15(6-5-9-24-18)20(27)25-21(2,3)4;;/h5-10,17,19,26H,11-12,23H2,1-4H3,(H,25,27);2*1H/t17-,19+;;/m1../s1. The molecule has 2 rings (SSSR count). The summed E-state index contributed by atoms with van der Waals surface area (Å²) in [5, 5.41) is 13.4. The van der Waals surface area contributed by atoms with Crippen LogP contribution in [0.4, 0.5) is 4.39 Å². The SMILES string of the molecule is Cc1ccc(F)c(C[C@@H](N)[C@@H](O)Cc2ncccc2C(=O)NC(C)(C)C)c1.Cl.Cl. The lowest BCUT2D eigenvalue weighted by Crippen LogP contribution is -2.42. The molecule has 0 spiro atoms. The number of aryl methyl sites for hydroxylation is 1. The number of carbonyl (C=O) groups is 1. The molecule has 5 nitrogen and oxygen atoms in total. The van der Waals surface area contributed by atoms with Gasteiger partial charge in [0.05, 0.1) is 17.4 Å². The van der Waals surface area contributed by atoms with Gasteiger partial charge in [0, 0.05) is 24.2 Å². The molecular weight excluding hydrogens is 416 g/mol. The lowest BCUT2D eigenvalue weighted by molar-refractivity contribution is 0.0916. The molecule has 0 aliphatic carbocycles. The number of halogens is 3. The number of nitrogens with two attached hydrogens (primary N) is 1. The molecule has 162 valence electrons. The van der Waals surface area contributed by atoms with Gasteiger partial charge in [0.25, 0.3) is 5.91 Å². The molecule has 0 bridgehead atoms. The number of aliphatic hydroxyl groups excluding tert-OH is 1. The third-order valence-electron chi connectivity index (χ3n) is 4.18. The van der Waals surface area contributed by atoms with Crippen LogP contribution in [0.2, 0.25) is 0 Å². The molecule has 8 heteroatoms. The zero-order valence-corrected chi connectivity index (χ0v) is 18.7. The Morgan fingerprint density at radius 2 is 1.90 bits per heavy atom. The van der Waals surface area contributed by atoms with Gasteiger partial charge in [-0.3, -0.25) is 9.78 Å². The number of rotatable bonds is 6. The van der Waals surface area contributed by atoms with E-state index in [1.165, 1.54) is 6.07 Å². The molecule has 1 aromatic carbocycles. The number of amides is 1. The molecule has 1 amide bonds. The molecule has 1 aromatic heterocycles. The van der Waals surface area contributed by atoms with Crippen LogP contribution < -0.4 is 11.1 Å². The highest BCUT2D eigenvalue weighted by atomic mass is 35.5. The summed E-state index contributed by atoms with van der Waals surface area (Å²) in [6.45, 7) is 7.55. The Bertz CT molecular complexity index is 813. The van der Waals surface area contributed by atoms with Crippen molar-refractivity contribution in [3.05, 3.63) is 64.7 Å². The number of nitrogens with one attached hydrogen (secondary N) is 1. The van der Waals surface area contributed by atoms with Crippen molar-refractivity contribution in [2.24, 2.45) is 5.73 Å². The highest BCUT2D eigenvalue weighted by molar-refractivity contribution is 5.95. The van der Waals surface area contributed by atoms with Crippen molar-refractivity contribution >= 4 is 30.7 Å². The first-order valence-electron chi connectivity index (χ1n) is 9.02. The van der Waals surface area contributed by atoms with E-state index in [4.69, 9.17) is 5.73 Å². The van der Waals surface area contributed by atoms with Crippen molar-refractivity contribution in [2.45, 2.75) is 58.2 Å². The largest absolute Gasteiger partial charge is 0.391 e. The average molecular weight is 446 g/mol. The molecule has 0 radical (unpaired) electrons. The first-order chi connectivity index (χ1) is 12.6. The van der Waals surface area contributed by atoms with Crippen molar-refractivity contribution in [1.82, 2.24) is 10.3 Å². The Kier molecular flexibility index (Phi) is 10.8. The molecule has 2 atom stereocenters. The van der Waals surface area contributed by atoms with Gasteiger partial charge in [-0.1, -0.05) is 17.7 Å². The third-order valence-corrected chi connectivity index (χ3v) is 4.18. The molecule has 4 N–H and O–H groups in total. The first-order valence-corrected chi connectivity index (χ1v) is 9.02. The van der Waals surface area contributed by atoms with Crippen molar-refractivity contribution in [3.63, 3.8) is 0 Å². The van der Waals surface area contributed by atoms with E-state index in [2.05, 4.69) is 10.3 Å². The van der Waals surface area contributed by atoms with E-state index in [0.717, 1.165) is 5.56 Å². The lowest BCUT2D eigenvalue weighted by atomic mass is 9.96. The Balaban J connectivity index is 0.00000392. The van der Waals surface area contributed by atoms with Gasteiger partial charge in [0.1, 0.15) is 5.82 Å². The third kappa shape index (κ3) is 8.26. The quantitative estimate of drug-likeness (QED) is 0.635. The average Bonchev–Trinajstić information content (AvgIpc) is 2.57. The molecule has 0 aliphatic rings. The molecule has 0 saturated carbocycles. The fourth-order valence-corrected chi connectivity index (χ4v) is 2.81. The van der Waals surface area contributed by atoms with Gasteiger partial charge in [-0.15, -0.1) is 24.8 Å². The molecule has 29 heavy (non-hydrogen) atoms. The molecular formula is C21H30Cl2FN3O2. The van der Waals surface area contributed by atoms with Crippen molar-refractivity contribution in [1.29, 1.82) is 0 Å². The lowest BCUT2D eigenvalue weighted by Gasteiger charge is -2.23. The second-order valence-corrected chi connectivity index (χ2v) is 7.94. The number of pyridine rings is 1. The van der Waals surface area contributed by atoms with Crippen LogP contribution in [0.3, 0.4) is 0 Å². The first kappa shape index (κ1) is 27.3. The number of hydrogen-bond donors (Lipinski definition) is 3. The van der Waals surface area contributed by atoms with Crippen LogP contribution in [0.5, 0.6) is 0 Å². The minimum Gasteiger partial charge on any atom is -0.391 e. The summed E-state index contributed by atoms with van der Waals surface area (Å²) in [5.41, 5.74) is 7.98. The topological polar surface area (TPSA) is 88.2 Å². The van der Waals surface area contributed by atoms with E-state index in [1.807, 2.05) is 27.7 Å². The number of benzene rings is 1. The molecule has 1 heterocycles. The van der Waals surface area contributed by atoms with Gasteiger partial charge in [-0.2, -0.15) is 0 Å². The predicted octanol–water partition coefficient (Wildman–Crippen LogP) is 3.37. The number of carbonyl (C=O) groups excluding carboxylic acids is 1. The monoisotopic (exact) mass is 445 g/mol. The van der Waals surface area contributed by atoms with Crippen LogP contribution in [0.15, 0.2) is 36.5 Å². The summed E-state index contributed by atoms with van der Waals surface area (Å²) in [4.78, 5) is 16.7. The van der Waals surface area contributed by atoms with E-state index in [0.29, 0.717) is 16.8 Å². The number of hydrogen-bond acceptors (Lipinski definition) is 4.